The first-order valence-electron chi connectivity index (χ1n) is 15.0. The van der Waals surface area contributed by atoms with Crippen LogP contribution in [0.15, 0.2) is 72.8 Å². The summed E-state index contributed by atoms with van der Waals surface area (Å²) >= 11 is 0. The van der Waals surface area contributed by atoms with Crippen molar-refractivity contribution in [1.82, 2.24) is 16.1 Å². The Kier molecular flexibility index (Phi) is 12.0. The second kappa shape index (κ2) is 15.5. The summed E-state index contributed by atoms with van der Waals surface area (Å²) in [6.45, 7) is 9.24. The lowest BCUT2D eigenvalue weighted by Crippen LogP contribution is -2.56. The second-order valence-corrected chi connectivity index (χ2v) is 12.5. The molecule has 45 heavy (non-hydrogen) atoms. The second-order valence-electron chi connectivity index (χ2n) is 12.5. The molecule has 0 saturated carbocycles. The van der Waals surface area contributed by atoms with E-state index in [4.69, 9.17) is 10.9 Å². The lowest BCUT2D eigenvalue weighted by atomic mass is 9.84. The van der Waals surface area contributed by atoms with E-state index in [1.54, 1.807) is 18.2 Å². The van der Waals surface area contributed by atoms with Crippen LogP contribution in [0.2, 0.25) is 0 Å². The number of carbonyl (C=O) groups is 4. The number of nitrogens with one attached hydrogen (secondary N) is 3. The number of aryl methyl sites for hydroxylation is 2. The fourth-order valence-electron chi connectivity index (χ4n) is 5.30. The van der Waals surface area contributed by atoms with Crippen LogP contribution in [0.25, 0.3) is 11.1 Å². The van der Waals surface area contributed by atoms with Gasteiger partial charge in [-0.15, -0.1) is 0 Å². The zero-order valence-electron chi connectivity index (χ0n) is 26.5. The van der Waals surface area contributed by atoms with E-state index in [9.17, 15) is 24.3 Å². The predicted octanol–water partition coefficient (Wildman–Crippen LogP) is 3.97. The van der Waals surface area contributed by atoms with E-state index in [-0.39, 0.29) is 12.5 Å². The Morgan fingerprint density at radius 1 is 0.867 bits per heavy atom. The Balaban J connectivity index is 1.73. The van der Waals surface area contributed by atoms with Gasteiger partial charge in [-0.3, -0.25) is 24.4 Å². The molecule has 10 nitrogen and oxygen atoms in total. The van der Waals surface area contributed by atoms with Crippen molar-refractivity contribution in [1.29, 1.82) is 0 Å². The van der Waals surface area contributed by atoms with Gasteiger partial charge in [-0.05, 0) is 78.5 Å². The van der Waals surface area contributed by atoms with Crippen LogP contribution < -0.4 is 21.8 Å². The van der Waals surface area contributed by atoms with Crippen molar-refractivity contribution in [3.05, 3.63) is 95.1 Å². The molecule has 0 bridgehead atoms. The minimum absolute atomic E-state index is 0.112. The van der Waals surface area contributed by atoms with Crippen molar-refractivity contribution in [3.63, 3.8) is 0 Å². The third-order valence-corrected chi connectivity index (χ3v) is 7.90. The molecular weight excluding hydrogens is 572 g/mol. The molecule has 4 atom stereocenters. The molecular formula is C35H44N4O6. The van der Waals surface area contributed by atoms with Gasteiger partial charge in [0.2, 0.25) is 17.7 Å². The molecule has 240 valence electrons. The summed E-state index contributed by atoms with van der Waals surface area (Å²) in [6.07, 6.45) is -0.747. The maximum absolute atomic E-state index is 13.6. The Bertz CT molecular complexity index is 1500. The summed E-state index contributed by atoms with van der Waals surface area (Å²) in [7, 11) is 0. The Morgan fingerprint density at radius 2 is 1.56 bits per heavy atom. The van der Waals surface area contributed by atoms with Gasteiger partial charge in [-0.25, -0.2) is 5.48 Å². The van der Waals surface area contributed by atoms with Crippen LogP contribution in [0.5, 0.6) is 0 Å². The lowest BCUT2D eigenvalue weighted by Gasteiger charge is -2.33. The average molecular weight is 617 g/mol. The quantitative estimate of drug-likeness (QED) is 0.125. The zero-order valence-corrected chi connectivity index (χ0v) is 26.5. The SMILES string of the molecule is Cc1cc(CCCC(C(=O)NC(C(=O)NC(C)c2ccccc2)C(C)(C)C)C(O)C(=O)NO)ccc1-c1cccc(C(N)=O)c1. The van der Waals surface area contributed by atoms with Gasteiger partial charge in [0, 0.05) is 5.56 Å². The van der Waals surface area contributed by atoms with E-state index in [0.29, 0.717) is 18.4 Å². The first-order valence-corrected chi connectivity index (χ1v) is 15.0. The van der Waals surface area contributed by atoms with Crippen molar-refractivity contribution in [2.24, 2.45) is 17.1 Å². The standard InChI is InChI=1S/C35H44N4O6/c1-21-19-23(17-18-27(21)25-14-10-15-26(20-25)31(36)41)11-9-16-28(29(40)33(43)39-45)32(42)38-30(35(3,4)5)34(44)37-22(2)24-12-7-6-8-13-24/h6-8,10,12-15,17-20,22,28-30,40,45H,9,11,16H2,1-5H3,(H2,36,41)(H,37,44)(H,38,42)(H,39,43). The van der Waals surface area contributed by atoms with Crippen molar-refractivity contribution in [3.8, 4) is 11.1 Å². The summed E-state index contributed by atoms with van der Waals surface area (Å²) in [4.78, 5) is 50.7. The van der Waals surface area contributed by atoms with E-state index in [1.807, 2.05) is 89.2 Å². The molecule has 7 N–H and O–H groups in total. The molecule has 0 fully saturated rings. The van der Waals surface area contributed by atoms with Gasteiger partial charge in [0.15, 0.2) is 0 Å². The normalized spacial score (nSPS) is 14.0. The molecule has 4 amide bonds. The summed E-state index contributed by atoms with van der Waals surface area (Å²) in [5.41, 5.74) is 11.2. The van der Waals surface area contributed by atoms with E-state index >= 15 is 0 Å². The molecule has 0 aromatic heterocycles. The van der Waals surface area contributed by atoms with Gasteiger partial charge in [-0.1, -0.05) is 81.4 Å². The van der Waals surface area contributed by atoms with Gasteiger partial charge < -0.3 is 21.5 Å². The van der Waals surface area contributed by atoms with Crippen LogP contribution in [0.1, 0.15) is 73.6 Å². The van der Waals surface area contributed by atoms with Crippen molar-refractivity contribution < 1.29 is 29.5 Å². The number of aliphatic hydroxyl groups is 1. The lowest BCUT2D eigenvalue weighted by molar-refractivity contribution is -0.147. The molecule has 0 spiro atoms. The van der Waals surface area contributed by atoms with Crippen LogP contribution in [-0.4, -0.2) is 46.1 Å². The highest BCUT2D eigenvalue weighted by atomic mass is 16.5. The molecule has 0 radical (unpaired) electrons. The van der Waals surface area contributed by atoms with Crippen LogP contribution >= 0.6 is 0 Å². The summed E-state index contributed by atoms with van der Waals surface area (Å²) in [6, 6.07) is 21.1. The zero-order chi connectivity index (χ0) is 33.3. The largest absolute Gasteiger partial charge is 0.382 e. The third-order valence-electron chi connectivity index (χ3n) is 7.90. The number of aliphatic hydroxyl groups excluding tert-OH is 1. The fraction of sp³-hybridized carbons (Fsp3) is 0.371. The highest BCUT2D eigenvalue weighted by molar-refractivity contribution is 5.94. The monoisotopic (exact) mass is 616 g/mol. The van der Waals surface area contributed by atoms with Crippen LogP contribution in [0.4, 0.5) is 0 Å². The number of hydroxylamine groups is 1. The first kappa shape index (κ1) is 34.9. The van der Waals surface area contributed by atoms with Crippen LogP contribution in [0, 0.1) is 18.3 Å². The Morgan fingerprint density at radius 3 is 2.16 bits per heavy atom. The summed E-state index contributed by atoms with van der Waals surface area (Å²) < 4.78 is 0. The topological polar surface area (TPSA) is 171 Å². The van der Waals surface area contributed by atoms with Gasteiger partial charge in [0.05, 0.1) is 12.0 Å². The summed E-state index contributed by atoms with van der Waals surface area (Å²) in [5.74, 6) is -3.90. The molecule has 3 aromatic rings. The molecule has 0 aliphatic rings. The number of nitrogens with two attached hydrogens (primary N) is 1. The fourth-order valence-corrected chi connectivity index (χ4v) is 5.30. The summed E-state index contributed by atoms with van der Waals surface area (Å²) in [5, 5.41) is 25.6. The number of hydrogen-bond acceptors (Lipinski definition) is 6. The molecule has 3 aromatic carbocycles. The minimum atomic E-state index is -1.83. The maximum Gasteiger partial charge on any atom is 0.272 e. The third kappa shape index (κ3) is 9.47. The van der Waals surface area contributed by atoms with Gasteiger partial charge in [0.25, 0.3) is 5.91 Å². The molecule has 4 unspecified atom stereocenters. The highest BCUT2D eigenvalue weighted by Gasteiger charge is 2.38. The number of hydrogen-bond donors (Lipinski definition) is 6. The molecule has 0 aliphatic carbocycles. The average Bonchev–Trinajstić information content (AvgIpc) is 3.01. The van der Waals surface area contributed by atoms with Crippen molar-refractivity contribution in [2.75, 3.05) is 0 Å². The number of rotatable bonds is 13. The van der Waals surface area contributed by atoms with E-state index in [2.05, 4.69) is 10.6 Å². The van der Waals surface area contributed by atoms with Crippen molar-refractivity contribution in [2.45, 2.75) is 72.1 Å². The van der Waals surface area contributed by atoms with Gasteiger partial charge >= 0.3 is 0 Å². The van der Waals surface area contributed by atoms with Gasteiger partial charge in [0.1, 0.15) is 12.1 Å². The first-order chi connectivity index (χ1) is 21.2. The van der Waals surface area contributed by atoms with Gasteiger partial charge in [-0.2, -0.15) is 0 Å². The van der Waals surface area contributed by atoms with E-state index < -0.39 is 47.1 Å². The Hall–Kier alpha value is -4.54. The number of carbonyl (C=O) groups excluding carboxylic acids is 4. The highest BCUT2D eigenvalue weighted by Crippen LogP contribution is 2.27. The van der Waals surface area contributed by atoms with Crippen LogP contribution in [0.3, 0.4) is 0 Å². The Labute approximate surface area is 264 Å². The minimum Gasteiger partial charge on any atom is -0.382 e. The smallest absolute Gasteiger partial charge is 0.272 e. The number of amides is 4. The molecule has 3 rings (SSSR count). The number of benzene rings is 3. The van der Waals surface area contributed by atoms with E-state index in [1.165, 1.54) is 5.48 Å². The van der Waals surface area contributed by atoms with Crippen molar-refractivity contribution >= 4 is 23.6 Å². The maximum atomic E-state index is 13.6. The predicted molar refractivity (Wildman–Crippen MR) is 172 cm³/mol. The molecule has 10 heteroatoms. The molecule has 0 saturated heterocycles. The molecule has 0 heterocycles. The van der Waals surface area contributed by atoms with E-state index in [0.717, 1.165) is 27.8 Å². The number of primary amides is 1. The molecule has 0 aliphatic heterocycles. The van der Waals surface area contributed by atoms with Crippen LogP contribution in [-0.2, 0) is 20.8 Å².